The Balaban J connectivity index is 0.00000243. The number of aromatic nitrogens is 1. The van der Waals surface area contributed by atoms with Gasteiger partial charge in [0.2, 0.25) is 0 Å². The normalized spacial score (nSPS) is 15.0. The summed E-state index contributed by atoms with van der Waals surface area (Å²) in [7, 11) is 0. The fourth-order valence-electron chi connectivity index (χ4n) is 2.92. The third kappa shape index (κ3) is 5.47. The summed E-state index contributed by atoms with van der Waals surface area (Å²) in [5.41, 5.74) is 1.12. The maximum atomic E-state index is 6.33. The fraction of sp³-hybridized carbons (Fsp3) is 0.444. The summed E-state index contributed by atoms with van der Waals surface area (Å²) in [6, 6.07) is 8.05. The van der Waals surface area contributed by atoms with Gasteiger partial charge in [0.1, 0.15) is 0 Å². The van der Waals surface area contributed by atoms with Crippen LogP contribution in [0, 0.1) is 6.92 Å². The maximum absolute atomic E-state index is 6.33. The van der Waals surface area contributed by atoms with Crippen molar-refractivity contribution in [2.75, 3.05) is 37.6 Å². The van der Waals surface area contributed by atoms with E-state index in [1.807, 2.05) is 31.3 Å². The lowest BCUT2D eigenvalue weighted by Crippen LogP contribution is -2.52. The van der Waals surface area contributed by atoms with E-state index in [4.69, 9.17) is 16.6 Å². The lowest BCUT2D eigenvalue weighted by molar-refractivity contribution is 0.372. The summed E-state index contributed by atoms with van der Waals surface area (Å²) < 4.78 is 0. The lowest BCUT2D eigenvalue weighted by atomic mass is 10.2. The molecule has 1 N–H and O–H groups in total. The molecule has 1 fully saturated rings. The Morgan fingerprint density at radius 3 is 2.62 bits per heavy atom. The number of benzene rings is 1. The van der Waals surface area contributed by atoms with Gasteiger partial charge in [-0.05, 0) is 26.0 Å². The van der Waals surface area contributed by atoms with Crippen LogP contribution in [-0.2, 0) is 6.54 Å². The van der Waals surface area contributed by atoms with E-state index in [0.717, 1.165) is 54.4 Å². The predicted octanol–water partition coefficient (Wildman–Crippen LogP) is 4.01. The highest BCUT2D eigenvalue weighted by atomic mass is 127. The molecule has 0 radical (unpaired) electrons. The second-order valence-corrected chi connectivity index (χ2v) is 7.67. The molecule has 1 aromatic carbocycles. The molecule has 0 aliphatic carbocycles. The van der Waals surface area contributed by atoms with Gasteiger partial charge in [0.15, 0.2) is 5.96 Å². The molecule has 0 bridgehead atoms. The van der Waals surface area contributed by atoms with Gasteiger partial charge >= 0.3 is 0 Å². The van der Waals surface area contributed by atoms with Crippen LogP contribution in [0.4, 0.5) is 5.69 Å². The van der Waals surface area contributed by atoms with Gasteiger partial charge in [-0.3, -0.25) is 0 Å². The number of aliphatic imine (C=N–C) groups is 1. The fourth-order valence-corrected chi connectivity index (χ4v) is 3.90. The molecule has 0 unspecified atom stereocenters. The van der Waals surface area contributed by atoms with E-state index in [1.54, 1.807) is 11.3 Å². The van der Waals surface area contributed by atoms with Gasteiger partial charge in [0.05, 0.1) is 22.3 Å². The lowest BCUT2D eigenvalue weighted by Gasteiger charge is -2.38. The van der Waals surface area contributed by atoms with Crippen LogP contribution in [0.15, 0.2) is 35.5 Å². The smallest absolute Gasteiger partial charge is 0.194 e. The zero-order valence-corrected chi connectivity index (χ0v) is 19.0. The standard InChI is InChI=1S/C18H24ClN5S.HI/c1-3-20-18(22-13-15-12-21-14(2)25-15)24-10-8-23(9-11-24)17-7-5-4-6-16(17)19;/h4-7,12H,3,8-11,13H2,1-2H3,(H,20,22);1H. The Labute approximate surface area is 181 Å². The topological polar surface area (TPSA) is 43.8 Å². The van der Waals surface area contributed by atoms with Gasteiger partial charge in [-0.15, -0.1) is 35.3 Å². The van der Waals surface area contributed by atoms with Gasteiger partial charge in [0, 0.05) is 43.8 Å². The average molecular weight is 506 g/mol. The Hall–Kier alpha value is -1.06. The first-order valence-electron chi connectivity index (χ1n) is 8.61. The molecule has 3 rings (SSSR count). The van der Waals surface area contributed by atoms with Crippen molar-refractivity contribution in [3.05, 3.63) is 45.4 Å². The molecule has 1 aliphatic heterocycles. The molecular formula is C18H25ClIN5S. The zero-order valence-electron chi connectivity index (χ0n) is 15.1. The minimum Gasteiger partial charge on any atom is -0.367 e. The van der Waals surface area contributed by atoms with Crippen LogP contribution in [-0.4, -0.2) is 48.6 Å². The molecule has 0 saturated carbocycles. The van der Waals surface area contributed by atoms with Crippen molar-refractivity contribution in [1.29, 1.82) is 0 Å². The van der Waals surface area contributed by atoms with Crippen LogP contribution >= 0.6 is 46.9 Å². The van der Waals surface area contributed by atoms with E-state index in [0.29, 0.717) is 6.54 Å². The number of nitrogens with zero attached hydrogens (tertiary/aromatic N) is 4. The number of anilines is 1. The molecule has 142 valence electrons. The van der Waals surface area contributed by atoms with E-state index in [1.165, 1.54) is 4.88 Å². The first-order chi connectivity index (χ1) is 12.2. The third-order valence-electron chi connectivity index (χ3n) is 4.16. The zero-order chi connectivity index (χ0) is 17.6. The van der Waals surface area contributed by atoms with Crippen molar-refractivity contribution in [3.63, 3.8) is 0 Å². The second kappa shape index (κ2) is 10.3. The van der Waals surface area contributed by atoms with Crippen molar-refractivity contribution in [2.24, 2.45) is 4.99 Å². The number of hydrogen-bond donors (Lipinski definition) is 1. The summed E-state index contributed by atoms with van der Waals surface area (Å²) >= 11 is 8.04. The highest BCUT2D eigenvalue weighted by Gasteiger charge is 2.21. The molecule has 1 aliphatic rings. The summed E-state index contributed by atoms with van der Waals surface area (Å²) in [6.07, 6.45) is 1.92. The van der Waals surface area contributed by atoms with Crippen LogP contribution in [0.1, 0.15) is 16.8 Å². The minimum atomic E-state index is 0. The Morgan fingerprint density at radius 2 is 2.00 bits per heavy atom. The second-order valence-electron chi connectivity index (χ2n) is 5.94. The number of aryl methyl sites for hydroxylation is 1. The van der Waals surface area contributed by atoms with Gasteiger partial charge in [-0.1, -0.05) is 23.7 Å². The first kappa shape index (κ1) is 21.2. The number of guanidine groups is 1. The van der Waals surface area contributed by atoms with Crippen molar-refractivity contribution in [3.8, 4) is 0 Å². The number of para-hydroxylation sites is 1. The average Bonchev–Trinajstić information content (AvgIpc) is 3.05. The van der Waals surface area contributed by atoms with Gasteiger partial charge in [-0.25, -0.2) is 9.98 Å². The van der Waals surface area contributed by atoms with Crippen LogP contribution in [0.25, 0.3) is 0 Å². The minimum absolute atomic E-state index is 0. The Morgan fingerprint density at radius 1 is 1.27 bits per heavy atom. The number of halogens is 2. The summed E-state index contributed by atoms with van der Waals surface area (Å²) in [5, 5.41) is 5.31. The van der Waals surface area contributed by atoms with Crippen LogP contribution < -0.4 is 10.2 Å². The summed E-state index contributed by atoms with van der Waals surface area (Å²) in [4.78, 5) is 15.0. The van der Waals surface area contributed by atoms with Crippen molar-refractivity contribution in [1.82, 2.24) is 15.2 Å². The molecule has 0 spiro atoms. The quantitative estimate of drug-likeness (QED) is 0.387. The third-order valence-corrected chi connectivity index (χ3v) is 5.38. The predicted molar refractivity (Wildman–Crippen MR) is 122 cm³/mol. The van der Waals surface area contributed by atoms with Crippen LogP contribution in [0.3, 0.4) is 0 Å². The molecule has 5 nitrogen and oxygen atoms in total. The van der Waals surface area contributed by atoms with Gasteiger partial charge < -0.3 is 15.1 Å². The first-order valence-corrected chi connectivity index (χ1v) is 9.81. The molecule has 26 heavy (non-hydrogen) atoms. The molecule has 2 heterocycles. The van der Waals surface area contributed by atoms with Gasteiger partial charge in [0.25, 0.3) is 0 Å². The number of rotatable bonds is 4. The molecule has 1 aromatic heterocycles. The van der Waals surface area contributed by atoms with Crippen molar-refractivity contribution in [2.45, 2.75) is 20.4 Å². The Bertz CT molecular complexity index is 728. The Kier molecular flexibility index (Phi) is 8.43. The molecule has 0 amide bonds. The SMILES string of the molecule is CCNC(=NCc1cnc(C)s1)N1CCN(c2ccccc2Cl)CC1.I. The maximum Gasteiger partial charge on any atom is 0.194 e. The van der Waals surface area contributed by atoms with Crippen molar-refractivity contribution >= 4 is 58.6 Å². The highest BCUT2D eigenvalue weighted by molar-refractivity contribution is 14.0. The summed E-state index contributed by atoms with van der Waals surface area (Å²) in [6.45, 7) is 9.41. The molecular weight excluding hydrogens is 481 g/mol. The number of piperazine rings is 1. The van der Waals surface area contributed by atoms with Crippen LogP contribution in [0.2, 0.25) is 5.02 Å². The van der Waals surface area contributed by atoms with E-state index >= 15 is 0 Å². The summed E-state index contributed by atoms with van der Waals surface area (Å²) in [5.74, 6) is 0.979. The van der Waals surface area contributed by atoms with E-state index in [2.05, 4.69) is 33.1 Å². The van der Waals surface area contributed by atoms with E-state index < -0.39 is 0 Å². The van der Waals surface area contributed by atoms with E-state index in [9.17, 15) is 0 Å². The van der Waals surface area contributed by atoms with Crippen LogP contribution in [0.5, 0.6) is 0 Å². The largest absolute Gasteiger partial charge is 0.367 e. The molecule has 1 saturated heterocycles. The highest BCUT2D eigenvalue weighted by Crippen LogP contribution is 2.26. The van der Waals surface area contributed by atoms with Gasteiger partial charge in [-0.2, -0.15) is 0 Å². The molecule has 8 heteroatoms. The van der Waals surface area contributed by atoms with Crippen molar-refractivity contribution < 1.29 is 0 Å². The number of nitrogens with one attached hydrogen (secondary N) is 1. The number of hydrogen-bond acceptors (Lipinski definition) is 4. The molecule has 2 aromatic rings. The van der Waals surface area contributed by atoms with E-state index in [-0.39, 0.29) is 24.0 Å². The monoisotopic (exact) mass is 505 g/mol. The molecule has 0 atom stereocenters. The number of thiazole rings is 1.